The molecule has 21 heavy (non-hydrogen) atoms. The second kappa shape index (κ2) is 6.53. The molecule has 0 bridgehead atoms. The van der Waals surface area contributed by atoms with Gasteiger partial charge in [-0.25, -0.2) is 0 Å². The van der Waals surface area contributed by atoms with Gasteiger partial charge in [-0.05, 0) is 40.8 Å². The number of nitrogens with zero attached hydrogens (tertiary/aromatic N) is 1. The second-order valence-corrected chi connectivity index (χ2v) is 5.27. The molecule has 2 rings (SSSR count). The van der Waals surface area contributed by atoms with Crippen molar-refractivity contribution in [2.75, 3.05) is 12.4 Å². The highest BCUT2D eigenvalue weighted by atomic mass is 127. The van der Waals surface area contributed by atoms with Crippen LogP contribution in [0.25, 0.3) is 0 Å². The van der Waals surface area contributed by atoms with Crippen LogP contribution < -0.4 is 10.1 Å². The first-order chi connectivity index (χ1) is 10.0. The summed E-state index contributed by atoms with van der Waals surface area (Å²) in [6.45, 7) is 0. The van der Waals surface area contributed by atoms with Gasteiger partial charge >= 0.3 is 0 Å². The fourth-order valence-electron chi connectivity index (χ4n) is 1.70. The van der Waals surface area contributed by atoms with Crippen molar-refractivity contribution in [2.24, 2.45) is 0 Å². The predicted octanol–water partition coefficient (Wildman–Crippen LogP) is 3.46. The van der Waals surface area contributed by atoms with Crippen LogP contribution in [0.1, 0.15) is 10.4 Å². The lowest BCUT2D eigenvalue weighted by Gasteiger charge is -2.08. The lowest BCUT2D eigenvalue weighted by Crippen LogP contribution is -2.13. The fraction of sp³-hybridized carbons (Fsp3) is 0.0714. The minimum absolute atomic E-state index is 0.119. The Morgan fingerprint density at radius 2 is 2.05 bits per heavy atom. The van der Waals surface area contributed by atoms with E-state index < -0.39 is 10.8 Å². The number of halogens is 1. The molecule has 0 aromatic heterocycles. The Morgan fingerprint density at radius 3 is 2.71 bits per heavy atom. The van der Waals surface area contributed by atoms with E-state index in [4.69, 9.17) is 4.74 Å². The number of nitro benzene ring substituents is 1. The summed E-state index contributed by atoms with van der Waals surface area (Å²) < 4.78 is 5.71. The first kappa shape index (κ1) is 15.2. The van der Waals surface area contributed by atoms with E-state index >= 15 is 0 Å². The third-order valence-electron chi connectivity index (χ3n) is 2.73. The van der Waals surface area contributed by atoms with E-state index in [0.29, 0.717) is 15.0 Å². The molecule has 0 radical (unpaired) electrons. The molecule has 1 amide bonds. The van der Waals surface area contributed by atoms with Crippen molar-refractivity contribution in [3.05, 3.63) is 61.7 Å². The van der Waals surface area contributed by atoms with E-state index in [0.717, 1.165) is 0 Å². The van der Waals surface area contributed by atoms with Crippen LogP contribution in [0.4, 0.5) is 11.4 Å². The summed E-state index contributed by atoms with van der Waals surface area (Å²) in [7, 11) is 1.53. The van der Waals surface area contributed by atoms with Gasteiger partial charge in [0.2, 0.25) is 0 Å². The number of carbonyl (C=O) groups is 1. The van der Waals surface area contributed by atoms with Gasteiger partial charge < -0.3 is 10.1 Å². The van der Waals surface area contributed by atoms with Gasteiger partial charge in [-0.15, -0.1) is 0 Å². The molecule has 2 aromatic rings. The maximum atomic E-state index is 12.2. The second-order valence-electron chi connectivity index (χ2n) is 4.11. The Labute approximate surface area is 134 Å². The van der Waals surface area contributed by atoms with Crippen LogP contribution in [0.3, 0.4) is 0 Å². The molecule has 6 nitrogen and oxygen atoms in total. The average Bonchev–Trinajstić information content (AvgIpc) is 2.47. The normalized spacial score (nSPS) is 10.0. The van der Waals surface area contributed by atoms with Crippen LogP contribution in [0.5, 0.6) is 5.75 Å². The third-order valence-corrected chi connectivity index (χ3v) is 3.67. The fourth-order valence-corrected chi connectivity index (χ4v) is 2.28. The Balaban J connectivity index is 2.27. The molecule has 0 heterocycles. The standard InChI is InChI=1S/C14H11IN2O4/c1-21-11-4-2-3-9(7-11)16-14(18)12-8-10(17(19)20)5-6-13(12)15/h2-8H,1H3,(H,16,18). The molecule has 0 saturated heterocycles. The van der Waals surface area contributed by atoms with E-state index in [1.54, 1.807) is 30.3 Å². The van der Waals surface area contributed by atoms with Crippen LogP contribution in [0.2, 0.25) is 0 Å². The Hall–Kier alpha value is -2.16. The molecule has 0 aliphatic heterocycles. The highest BCUT2D eigenvalue weighted by Crippen LogP contribution is 2.22. The molecule has 0 atom stereocenters. The number of ether oxygens (including phenoxy) is 1. The minimum Gasteiger partial charge on any atom is -0.497 e. The zero-order valence-corrected chi connectivity index (χ0v) is 13.2. The van der Waals surface area contributed by atoms with Gasteiger partial charge in [-0.2, -0.15) is 0 Å². The molecule has 7 heteroatoms. The minimum atomic E-state index is -0.529. The van der Waals surface area contributed by atoms with Crippen LogP contribution >= 0.6 is 22.6 Å². The lowest BCUT2D eigenvalue weighted by atomic mass is 10.2. The van der Waals surface area contributed by atoms with Crippen molar-refractivity contribution in [1.29, 1.82) is 0 Å². The summed E-state index contributed by atoms with van der Waals surface area (Å²) in [5.41, 5.74) is 0.695. The van der Waals surface area contributed by atoms with Crippen molar-refractivity contribution in [3.63, 3.8) is 0 Å². The molecular formula is C14H11IN2O4. The SMILES string of the molecule is COc1cccc(NC(=O)c2cc([N+](=O)[O-])ccc2I)c1. The van der Waals surface area contributed by atoms with Gasteiger partial charge in [-0.3, -0.25) is 14.9 Å². The summed E-state index contributed by atoms with van der Waals surface area (Å²) in [6, 6.07) is 11.0. The Kier molecular flexibility index (Phi) is 4.73. The number of amides is 1. The maximum Gasteiger partial charge on any atom is 0.270 e. The highest BCUT2D eigenvalue weighted by Gasteiger charge is 2.15. The van der Waals surface area contributed by atoms with Crippen molar-refractivity contribution in [1.82, 2.24) is 0 Å². The molecule has 0 aliphatic rings. The molecular weight excluding hydrogens is 387 g/mol. The van der Waals surface area contributed by atoms with Crippen LogP contribution in [-0.2, 0) is 0 Å². The van der Waals surface area contributed by atoms with Gasteiger partial charge in [0.05, 0.1) is 17.6 Å². The van der Waals surface area contributed by atoms with Crippen molar-refractivity contribution in [3.8, 4) is 5.75 Å². The number of methoxy groups -OCH3 is 1. The topological polar surface area (TPSA) is 81.5 Å². The summed E-state index contributed by atoms with van der Waals surface area (Å²) in [6.07, 6.45) is 0. The first-order valence-corrected chi connectivity index (χ1v) is 6.98. The van der Waals surface area contributed by atoms with Gasteiger partial charge in [0, 0.05) is 27.5 Å². The van der Waals surface area contributed by atoms with E-state index in [9.17, 15) is 14.9 Å². The lowest BCUT2D eigenvalue weighted by molar-refractivity contribution is -0.384. The van der Waals surface area contributed by atoms with E-state index in [2.05, 4.69) is 5.32 Å². The van der Waals surface area contributed by atoms with Crippen molar-refractivity contribution in [2.45, 2.75) is 0 Å². The summed E-state index contributed by atoms with van der Waals surface area (Å²) in [5, 5.41) is 13.5. The number of hydrogen-bond acceptors (Lipinski definition) is 4. The van der Waals surface area contributed by atoms with Gasteiger partial charge in [0.15, 0.2) is 0 Å². The Morgan fingerprint density at radius 1 is 1.29 bits per heavy atom. The van der Waals surface area contributed by atoms with Gasteiger partial charge in [0.25, 0.3) is 11.6 Å². The van der Waals surface area contributed by atoms with Crippen LogP contribution in [0.15, 0.2) is 42.5 Å². The monoisotopic (exact) mass is 398 g/mol. The zero-order valence-electron chi connectivity index (χ0n) is 11.0. The number of carbonyl (C=O) groups excluding carboxylic acids is 1. The number of benzene rings is 2. The number of anilines is 1. The molecule has 1 N–H and O–H groups in total. The third kappa shape index (κ3) is 3.69. The number of nitrogens with one attached hydrogen (secondary N) is 1. The molecule has 0 saturated carbocycles. The largest absolute Gasteiger partial charge is 0.497 e. The van der Waals surface area contributed by atoms with E-state index in [-0.39, 0.29) is 11.3 Å². The smallest absolute Gasteiger partial charge is 0.270 e. The summed E-state index contributed by atoms with van der Waals surface area (Å²) in [5.74, 6) is 0.206. The first-order valence-electron chi connectivity index (χ1n) is 5.90. The van der Waals surface area contributed by atoms with Gasteiger partial charge in [-0.1, -0.05) is 6.07 Å². The predicted molar refractivity (Wildman–Crippen MR) is 86.8 cm³/mol. The number of nitro groups is 1. The quantitative estimate of drug-likeness (QED) is 0.486. The average molecular weight is 398 g/mol. The molecule has 0 unspecified atom stereocenters. The Bertz CT molecular complexity index is 703. The molecule has 108 valence electrons. The highest BCUT2D eigenvalue weighted by molar-refractivity contribution is 14.1. The van der Waals surface area contributed by atoms with E-state index in [1.807, 2.05) is 22.6 Å². The zero-order chi connectivity index (χ0) is 15.4. The number of hydrogen-bond donors (Lipinski definition) is 1. The maximum absolute atomic E-state index is 12.2. The van der Waals surface area contributed by atoms with Crippen molar-refractivity contribution < 1.29 is 14.5 Å². The van der Waals surface area contributed by atoms with Crippen LogP contribution in [-0.4, -0.2) is 17.9 Å². The molecule has 0 fully saturated rings. The van der Waals surface area contributed by atoms with Gasteiger partial charge in [0.1, 0.15) is 5.75 Å². The molecule has 2 aromatic carbocycles. The summed E-state index contributed by atoms with van der Waals surface area (Å²) >= 11 is 1.96. The molecule has 0 aliphatic carbocycles. The summed E-state index contributed by atoms with van der Waals surface area (Å²) in [4.78, 5) is 22.5. The van der Waals surface area contributed by atoms with E-state index in [1.165, 1.54) is 19.2 Å². The molecule has 0 spiro atoms. The van der Waals surface area contributed by atoms with Crippen molar-refractivity contribution >= 4 is 39.9 Å². The van der Waals surface area contributed by atoms with Crippen LogP contribution in [0, 0.1) is 13.7 Å². The number of non-ortho nitro benzene ring substituents is 1. The number of rotatable bonds is 4.